The van der Waals surface area contributed by atoms with Crippen LogP contribution in [0.15, 0.2) is 18.2 Å². The SMILES string of the molecule is CC1CCCC(SCC(=O)c2ccc(O)c(O)c2)C1. The van der Waals surface area contributed by atoms with E-state index < -0.39 is 0 Å². The van der Waals surface area contributed by atoms with E-state index in [9.17, 15) is 15.0 Å². The Kier molecular flexibility index (Phi) is 4.75. The third-order valence-electron chi connectivity index (χ3n) is 3.64. The highest BCUT2D eigenvalue weighted by Crippen LogP contribution is 2.32. The lowest BCUT2D eigenvalue weighted by Crippen LogP contribution is -2.17. The number of carbonyl (C=O) groups excluding carboxylic acids is 1. The van der Waals surface area contributed by atoms with Gasteiger partial charge in [0, 0.05) is 10.8 Å². The van der Waals surface area contributed by atoms with Gasteiger partial charge in [-0.05, 0) is 37.0 Å². The van der Waals surface area contributed by atoms with Crippen LogP contribution < -0.4 is 0 Å². The van der Waals surface area contributed by atoms with E-state index in [0.29, 0.717) is 16.6 Å². The molecule has 2 rings (SSSR count). The molecule has 4 heteroatoms. The molecule has 0 amide bonds. The fourth-order valence-corrected chi connectivity index (χ4v) is 3.86. The van der Waals surface area contributed by atoms with E-state index in [0.717, 1.165) is 5.92 Å². The van der Waals surface area contributed by atoms with E-state index in [2.05, 4.69) is 6.92 Å². The zero-order valence-corrected chi connectivity index (χ0v) is 11.9. The largest absolute Gasteiger partial charge is 0.504 e. The number of thioether (sulfide) groups is 1. The van der Waals surface area contributed by atoms with E-state index in [-0.39, 0.29) is 17.3 Å². The number of hydrogen-bond acceptors (Lipinski definition) is 4. The van der Waals surface area contributed by atoms with Crippen molar-refractivity contribution in [3.8, 4) is 11.5 Å². The number of hydrogen-bond donors (Lipinski definition) is 2. The van der Waals surface area contributed by atoms with E-state index >= 15 is 0 Å². The molecule has 1 saturated carbocycles. The average molecular weight is 280 g/mol. The first-order valence-corrected chi connectivity index (χ1v) is 7.78. The maximum absolute atomic E-state index is 12.0. The van der Waals surface area contributed by atoms with Gasteiger partial charge in [0.05, 0.1) is 5.75 Å². The molecule has 0 aliphatic heterocycles. The Balaban J connectivity index is 1.88. The van der Waals surface area contributed by atoms with Crippen LogP contribution in [0.2, 0.25) is 0 Å². The lowest BCUT2D eigenvalue weighted by molar-refractivity contribution is 0.102. The van der Waals surface area contributed by atoms with Gasteiger partial charge < -0.3 is 10.2 Å². The molecule has 0 bridgehead atoms. The van der Waals surface area contributed by atoms with Gasteiger partial charge in [0.15, 0.2) is 17.3 Å². The van der Waals surface area contributed by atoms with Crippen molar-refractivity contribution in [2.45, 2.75) is 37.9 Å². The van der Waals surface area contributed by atoms with Gasteiger partial charge >= 0.3 is 0 Å². The summed E-state index contributed by atoms with van der Waals surface area (Å²) in [6.07, 6.45) is 4.95. The normalized spacial score (nSPS) is 23.2. The summed E-state index contributed by atoms with van der Waals surface area (Å²) in [5, 5.41) is 19.2. The van der Waals surface area contributed by atoms with E-state index in [4.69, 9.17) is 0 Å². The predicted molar refractivity (Wildman–Crippen MR) is 78.0 cm³/mol. The van der Waals surface area contributed by atoms with Gasteiger partial charge in [-0.15, -0.1) is 0 Å². The number of rotatable bonds is 4. The predicted octanol–water partition coefficient (Wildman–Crippen LogP) is 3.59. The molecule has 1 aromatic rings. The number of phenols is 2. The molecule has 1 aliphatic rings. The smallest absolute Gasteiger partial charge is 0.172 e. The first-order valence-electron chi connectivity index (χ1n) is 6.73. The highest BCUT2D eigenvalue weighted by Gasteiger charge is 2.20. The summed E-state index contributed by atoms with van der Waals surface area (Å²) in [6.45, 7) is 2.27. The summed E-state index contributed by atoms with van der Waals surface area (Å²) >= 11 is 1.72. The van der Waals surface area contributed by atoms with E-state index in [1.807, 2.05) is 0 Å². The third kappa shape index (κ3) is 3.90. The topological polar surface area (TPSA) is 57.5 Å². The minimum Gasteiger partial charge on any atom is -0.504 e. The first-order chi connectivity index (χ1) is 9.06. The second-order valence-corrected chi connectivity index (χ2v) is 6.62. The third-order valence-corrected chi connectivity index (χ3v) is 4.96. The van der Waals surface area contributed by atoms with Crippen molar-refractivity contribution in [1.82, 2.24) is 0 Å². The molecule has 1 aromatic carbocycles. The van der Waals surface area contributed by atoms with Crippen molar-refractivity contribution in [1.29, 1.82) is 0 Å². The van der Waals surface area contributed by atoms with Crippen LogP contribution in [-0.4, -0.2) is 27.0 Å². The Bertz CT molecular complexity index is 459. The van der Waals surface area contributed by atoms with Gasteiger partial charge in [0.2, 0.25) is 0 Å². The molecular weight excluding hydrogens is 260 g/mol. The molecule has 0 radical (unpaired) electrons. The highest BCUT2D eigenvalue weighted by molar-refractivity contribution is 8.00. The number of carbonyl (C=O) groups is 1. The maximum Gasteiger partial charge on any atom is 0.172 e. The Labute approximate surface area is 118 Å². The van der Waals surface area contributed by atoms with Crippen molar-refractivity contribution < 1.29 is 15.0 Å². The van der Waals surface area contributed by atoms with Gasteiger partial charge in [-0.2, -0.15) is 11.8 Å². The fraction of sp³-hybridized carbons (Fsp3) is 0.533. The molecule has 3 nitrogen and oxygen atoms in total. The van der Waals surface area contributed by atoms with Crippen LogP contribution in [0.1, 0.15) is 43.0 Å². The molecule has 1 fully saturated rings. The van der Waals surface area contributed by atoms with Crippen LogP contribution in [-0.2, 0) is 0 Å². The van der Waals surface area contributed by atoms with Crippen molar-refractivity contribution in [2.75, 3.05) is 5.75 Å². The summed E-state index contributed by atoms with van der Waals surface area (Å²) < 4.78 is 0. The Hall–Kier alpha value is -1.16. The van der Waals surface area contributed by atoms with Gasteiger partial charge in [-0.25, -0.2) is 0 Å². The molecule has 19 heavy (non-hydrogen) atoms. The van der Waals surface area contributed by atoms with Gasteiger partial charge in [0.25, 0.3) is 0 Å². The summed E-state index contributed by atoms with van der Waals surface area (Å²) in [7, 11) is 0. The molecule has 0 heterocycles. The molecule has 2 N–H and O–H groups in total. The number of Topliss-reactive ketones (excluding diaryl/α,β-unsaturated/α-hetero) is 1. The molecule has 104 valence electrons. The lowest BCUT2D eigenvalue weighted by Gasteiger charge is -2.25. The number of phenolic OH excluding ortho intramolecular Hbond substituents is 2. The molecule has 0 spiro atoms. The molecule has 0 saturated heterocycles. The Morgan fingerprint density at radius 2 is 2.11 bits per heavy atom. The second-order valence-electron chi connectivity index (χ2n) is 5.33. The summed E-state index contributed by atoms with van der Waals surface area (Å²) in [5.74, 6) is 0.798. The van der Waals surface area contributed by atoms with Gasteiger partial charge in [-0.1, -0.05) is 19.8 Å². The monoisotopic (exact) mass is 280 g/mol. The van der Waals surface area contributed by atoms with E-state index in [1.54, 1.807) is 17.8 Å². The number of ketones is 1. The van der Waals surface area contributed by atoms with Crippen LogP contribution in [0.3, 0.4) is 0 Å². The second kappa shape index (κ2) is 6.33. The van der Waals surface area contributed by atoms with Crippen LogP contribution in [0.4, 0.5) is 0 Å². The van der Waals surface area contributed by atoms with Crippen molar-refractivity contribution in [3.05, 3.63) is 23.8 Å². The molecular formula is C15H20O3S. The molecule has 0 aromatic heterocycles. The lowest BCUT2D eigenvalue weighted by atomic mass is 9.91. The zero-order valence-electron chi connectivity index (χ0n) is 11.1. The maximum atomic E-state index is 12.0. The van der Waals surface area contributed by atoms with Crippen LogP contribution >= 0.6 is 11.8 Å². The minimum atomic E-state index is -0.234. The molecule has 2 unspecified atom stereocenters. The zero-order chi connectivity index (χ0) is 13.8. The standard InChI is InChI=1S/C15H20O3S/c1-10-3-2-4-12(7-10)19-9-15(18)11-5-6-13(16)14(17)8-11/h5-6,8,10,12,16-17H,2-4,7,9H2,1H3. The number of benzene rings is 1. The Morgan fingerprint density at radius 1 is 1.32 bits per heavy atom. The average Bonchev–Trinajstić information content (AvgIpc) is 2.39. The molecule has 2 atom stereocenters. The first kappa shape index (κ1) is 14.3. The summed E-state index contributed by atoms with van der Waals surface area (Å²) in [4.78, 5) is 12.0. The van der Waals surface area contributed by atoms with Gasteiger partial charge in [-0.3, -0.25) is 4.79 Å². The quantitative estimate of drug-likeness (QED) is 0.653. The summed E-state index contributed by atoms with van der Waals surface area (Å²) in [6, 6.07) is 4.25. The van der Waals surface area contributed by atoms with Crippen LogP contribution in [0, 0.1) is 5.92 Å². The number of aromatic hydroxyl groups is 2. The summed E-state index contributed by atoms with van der Waals surface area (Å²) in [5.41, 5.74) is 0.464. The molecule has 1 aliphatic carbocycles. The Morgan fingerprint density at radius 3 is 2.79 bits per heavy atom. The van der Waals surface area contributed by atoms with Crippen LogP contribution in [0.25, 0.3) is 0 Å². The van der Waals surface area contributed by atoms with E-state index in [1.165, 1.54) is 37.8 Å². The van der Waals surface area contributed by atoms with Crippen molar-refractivity contribution >= 4 is 17.5 Å². The fourth-order valence-electron chi connectivity index (χ4n) is 2.50. The minimum absolute atomic E-state index is 0.0125. The van der Waals surface area contributed by atoms with Crippen molar-refractivity contribution in [2.24, 2.45) is 5.92 Å². The highest BCUT2D eigenvalue weighted by atomic mass is 32.2. The van der Waals surface area contributed by atoms with Gasteiger partial charge in [0.1, 0.15) is 0 Å². The van der Waals surface area contributed by atoms with Crippen LogP contribution in [0.5, 0.6) is 11.5 Å². The van der Waals surface area contributed by atoms with Crippen molar-refractivity contribution in [3.63, 3.8) is 0 Å².